The molecule has 3 fully saturated rings. The van der Waals surface area contributed by atoms with Gasteiger partial charge in [-0.3, -0.25) is 9.80 Å². The zero-order valence-corrected chi connectivity index (χ0v) is 9.99. The van der Waals surface area contributed by atoms with Crippen molar-refractivity contribution in [2.24, 2.45) is 5.41 Å². The van der Waals surface area contributed by atoms with E-state index in [0.29, 0.717) is 0 Å². The maximum atomic E-state index is 9.13. The van der Waals surface area contributed by atoms with Gasteiger partial charge in [0.1, 0.15) is 0 Å². The first-order valence-electron chi connectivity index (χ1n) is 6.69. The Kier molecular flexibility index (Phi) is 2.65. The van der Waals surface area contributed by atoms with Gasteiger partial charge in [0.05, 0.1) is 11.5 Å². The minimum atomic E-state index is 0.0524. The monoisotopic (exact) mass is 219 g/mol. The number of hydrogen-bond acceptors (Lipinski definition) is 3. The topological polar surface area (TPSA) is 30.3 Å². The van der Waals surface area contributed by atoms with Crippen LogP contribution >= 0.6 is 0 Å². The molecule has 0 aromatic heterocycles. The summed E-state index contributed by atoms with van der Waals surface area (Å²) in [6.07, 6.45) is 6.43. The molecule has 0 aromatic rings. The molecule has 3 heteroatoms. The molecule has 1 saturated carbocycles. The van der Waals surface area contributed by atoms with Crippen molar-refractivity contribution in [1.82, 2.24) is 9.80 Å². The second kappa shape index (κ2) is 4.01. The molecule has 0 spiro atoms. The first-order chi connectivity index (χ1) is 7.81. The Bertz CT molecular complexity index is 303. The maximum Gasteiger partial charge on any atom is 0.0703 e. The third-order valence-electron chi connectivity index (χ3n) is 4.54. The molecular weight excluding hydrogens is 198 g/mol. The van der Waals surface area contributed by atoms with Crippen molar-refractivity contribution in [1.29, 1.82) is 5.26 Å². The molecule has 0 radical (unpaired) electrons. The summed E-state index contributed by atoms with van der Waals surface area (Å²) in [6.45, 7) is 5.96. The summed E-state index contributed by atoms with van der Waals surface area (Å²) in [4.78, 5) is 5.20. The van der Waals surface area contributed by atoms with Crippen molar-refractivity contribution in [2.75, 3.05) is 32.7 Å². The van der Waals surface area contributed by atoms with E-state index in [9.17, 15) is 0 Å². The van der Waals surface area contributed by atoms with Gasteiger partial charge in [-0.15, -0.1) is 0 Å². The molecule has 88 valence electrons. The van der Waals surface area contributed by atoms with Gasteiger partial charge in [-0.25, -0.2) is 0 Å². The van der Waals surface area contributed by atoms with Gasteiger partial charge in [0.25, 0.3) is 0 Å². The number of rotatable bonds is 2. The number of fused-ring (bicyclic) bond motifs is 1. The fourth-order valence-corrected chi connectivity index (χ4v) is 3.25. The lowest BCUT2D eigenvalue weighted by atomic mass is 9.98. The number of piperidine rings is 1. The molecule has 3 nitrogen and oxygen atoms in total. The third-order valence-corrected chi connectivity index (χ3v) is 4.54. The van der Waals surface area contributed by atoms with Crippen LogP contribution in [0.2, 0.25) is 0 Å². The summed E-state index contributed by atoms with van der Waals surface area (Å²) in [5.41, 5.74) is 0.0524. The average Bonchev–Trinajstić information content (AvgIpc) is 3.09. The van der Waals surface area contributed by atoms with Crippen LogP contribution in [-0.2, 0) is 0 Å². The number of hydrogen-bond donors (Lipinski definition) is 0. The van der Waals surface area contributed by atoms with Crippen LogP contribution in [0.5, 0.6) is 0 Å². The minimum Gasteiger partial charge on any atom is -0.299 e. The van der Waals surface area contributed by atoms with Crippen molar-refractivity contribution in [3.8, 4) is 6.07 Å². The third kappa shape index (κ3) is 1.97. The van der Waals surface area contributed by atoms with Crippen LogP contribution in [0.25, 0.3) is 0 Å². The first-order valence-corrected chi connectivity index (χ1v) is 6.69. The Hall–Kier alpha value is -0.590. The van der Waals surface area contributed by atoms with E-state index in [1.54, 1.807) is 0 Å². The Morgan fingerprint density at radius 3 is 2.81 bits per heavy atom. The average molecular weight is 219 g/mol. The van der Waals surface area contributed by atoms with E-state index in [4.69, 9.17) is 5.26 Å². The molecule has 0 aromatic carbocycles. The van der Waals surface area contributed by atoms with Crippen LogP contribution in [0.1, 0.15) is 32.1 Å². The number of nitrogens with zero attached hydrogens (tertiary/aromatic N) is 3. The Balaban J connectivity index is 1.57. The Morgan fingerprint density at radius 1 is 1.19 bits per heavy atom. The quantitative estimate of drug-likeness (QED) is 0.704. The standard InChI is InChI=1S/C13H21N3/c14-10-13(4-5-13)11-15-7-8-16-6-2-1-3-12(16)9-15/h12H,1-9,11H2. The van der Waals surface area contributed by atoms with Gasteiger partial charge in [0, 0.05) is 32.2 Å². The summed E-state index contributed by atoms with van der Waals surface area (Å²) >= 11 is 0. The van der Waals surface area contributed by atoms with Crippen molar-refractivity contribution in [3.05, 3.63) is 0 Å². The number of nitriles is 1. The fraction of sp³-hybridized carbons (Fsp3) is 0.923. The van der Waals surface area contributed by atoms with Gasteiger partial charge in [0.15, 0.2) is 0 Å². The molecule has 0 bridgehead atoms. The van der Waals surface area contributed by atoms with E-state index in [1.807, 2.05) is 0 Å². The molecule has 0 amide bonds. The van der Waals surface area contributed by atoms with Crippen molar-refractivity contribution in [3.63, 3.8) is 0 Å². The van der Waals surface area contributed by atoms with Gasteiger partial charge < -0.3 is 0 Å². The van der Waals surface area contributed by atoms with E-state index >= 15 is 0 Å². The summed E-state index contributed by atoms with van der Waals surface area (Å²) in [5, 5.41) is 9.13. The van der Waals surface area contributed by atoms with E-state index in [1.165, 1.54) is 45.4 Å². The van der Waals surface area contributed by atoms with Crippen molar-refractivity contribution < 1.29 is 0 Å². The highest BCUT2D eigenvalue weighted by atomic mass is 15.3. The van der Waals surface area contributed by atoms with Gasteiger partial charge in [-0.05, 0) is 32.2 Å². The Morgan fingerprint density at radius 2 is 2.06 bits per heavy atom. The SMILES string of the molecule is N#CC1(CN2CCN3CCCCC3C2)CC1. The molecule has 3 aliphatic rings. The molecule has 2 saturated heterocycles. The fourth-order valence-electron chi connectivity index (χ4n) is 3.25. The minimum absolute atomic E-state index is 0.0524. The predicted octanol–water partition coefficient (Wildman–Crippen LogP) is 1.46. The van der Waals surface area contributed by atoms with Gasteiger partial charge >= 0.3 is 0 Å². The normalized spacial score (nSPS) is 34.1. The van der Waals surface area contributed by atoms with Crippen LogP contribution in [0, 0.1) is 16.7 Å². The molecule has 2 aliphatic heterocycles. The second-order valence-electron chi connectivity index (χ2n) is 5.81. The van der Waals surface area contributed by atoms with Gasteiger partial charge in [-0.1, -0.05) is 6.42 Å². The van der Waals surface area contributed by atoms with E-state index in [2.05, 4.69) is 15.9 Å². The van der Waals surface area contributed by atoms with Gasteiger partial charge in [-0.2, -0.15) is 5.26 Å². The molecule has 2 heterocycles. The lowest BCUT2D eigenvalue weighted by molar-refractivity contribution is 0.0435. The first kappa shape index (κ1) is 10.6. The molecule has 0 N–H and O–H groups in total. The molecule has 3 rings (SSSR count). The lowest BCUT2D eigenvalue weighted by Gasteiger charge is -2.44. The maximum absolute atomic E-state index is 9.13. The summed E-state index contributed by atoms with van der Waals surface area (Å²) in [7, 11) is 0. The summed E-state index contributed by atoms with van der Waals surface area (Å²) in [6, 6.07) is 3.31. The predicted molar refractivity (Wildman–Crippen MR) is 62.9 cm³/mol. The summed E-state index contributed by atoms with van der Waals surface area (Å²) in [5.74, 6) is 0. The largest absolute Gasteiger partial charge is 0.299 e. The lowest BCUT2D eigenvalue weighted by Crippen LogP contribution is -2.55. The van der Waals surface area contributed by atoms with E-state index in [0.717, 1.165) is 25.4 Å². The van der Waals surface area contributed by atoms with Crippen molar-refractivity contribution in [2.45, 2.75) is 38.1 Å². The van der Waals surface area contributed by atoms with Crippen LogP contribution in [0.15, 0.2) is 0 Å². The van der Waals surface area contributed by atoms with Gasteiger partial charge in [0.2, 0.25) is 0 Å². The zero-order chi connectivity index (χ0) is 11.0. The van der Waals surface area contributed by atoms with E-state index < -0.39 is 0 Å². The Labute approximate surface area is 98.0 Å². The van der Waals surface area contributed by atoms with Crippen LogP contribution in [0.4, 0.5) is 0 Å². The molecule has 1 atom stereocenters. The van der Waals surface area contributed by atoms with Crippen LogP contribution < -0.4 is 0 Å². The van der Waals surface area contributed by atoms with Crippen LogP contribution in [-0.4, -0.2) is 48.6 Å². The second-order valence-corrected chi connectivity index (χ2v) is 5.81. The molecule has 16 heavy (non-hydrogen) atoms. The highest BCUT2D eigenvalue weighted by Gasteiger charge is 2.45. The molecule has 1 aliphatic carbocycles. The molecular formula is C13H21N3. The van der Waals surface area contributed by atoms with E-state index in [-0.39, 0.29) is 5.41 Å². The molecule has 1 unspecified atom stereocenters. The number of piperazine rings is 1. The smallest absolute Gasteiger partial charge is 0.0703 e. The summed E-state index contributed by atoms with van der Waals surface area (Å²) < 4.78 is 0. The zero-order valence-electron chi connectivity index (χ0n) is 9.99. The highest BCUT2D eigenvalue weighted by Crippen LogP contribution is 2.45. The van der Waals surface area contributed by atoms with Crippen LogP contribution in [0.3, 0.4) is 0 Å². The highest BCUT2D eigenvalue weighted by molar-refractivity contribution is 5.11. The van der Waals surface area contributed by atoms with Crippen molar-refractivity contribution >= 4 is 0 Å².